The molecule has 4 heteroatoms. The molecule has 2 heterocycles. The van der Waals surface area contributed by atoms with E-state index < -0.39 is 0 Å². The second-order valence-electron chi connectivity index (χ2n) is 4.08. The fourth-order valence-corrected chi connectivity index (χ4v) is 1.99. The summed E-state index contributed by atoms with van der Waals surface area (Å²) in [6.45, 7) is 4.27. The van der Waals surface area contributed by atoms with Crippen LogP contribution < -0.4 is 0 Å². The van der Waals surface area contributed by atoms with Crippen LogP contribution in [0.15, 0.2) is 43.1 Å². The lowest BCUT2D eigenvalue weighted by Crippen LogP contribution is -2.24. The van der Waals surface area contributed by atoms with Gasteiger partial charge in [0.1, 0.15) is 0 Å². The van der Waals surface area contributed by atoms with Gasteiger partial charge >= 0.3 is 0 Å². The zero-order valence-corrected chi connectivity index (χ0v) is 9.91. The third-order valence-corrected chi connectivity index (χ3v) is 2.91. The quantitative estimate of drug-likeness (QED) is 0.598. The highest BCUT2D eigenvalue weighted by atomic mass is 16.2. The molecule has 1 aromatic rings. The minimum atomic E-state index is 0.00653. The van der Waals surface area contributed by atoms with Crippen molar-refractivity contribution in [2.24, 2.45) is 5.92 Å². The molecule has 1 unspecified atom stereocenters. The first-order valence-corrected chi connectivity index (χ1v) is 5.70. The molecule has 18 heavy (non-hydrogen) atoms. The van der Waals surface area contributed by atoms with Crippen molar-refractivity contribution >= 4 is 11.6 Å². The van der Waals surface area contributed by atoms with Gasteiger partial charge in [-0.15, -0.1) is 6.58 Å². The van der Waals surface area contributed by atoms with Crippen molar-refractivity contribution in [3.63, 3.8) is 0 Å². The number of carbonyl (C=O) groups excluding carboxylic acids is 1. The van der Waals surface area contributed by atoms with Crippen LogP contribution >= 0.6 is 0 Å². The van der Waals surface area contributed by atoms with E-state index in [1.54, 1.807) is 29.3 Å². The highest BCUT2D eigenvalue weighted by Crippen LogP contribution is 2.27. The summed E-state index contributed by atoms with van der Waals surface area (Å²) in [5, 5.41) is 8.86. The van der Waals surface area contributed by atoms with E-state index in [9.17, 15) is 4.79 Å². The lowest BCUT2D eigenvalue weighted by molar-refractivity contribution is -0.125. The molecule has 4 nitrogen and oxygen atoms in total. The lowest BCUT2D eigenvalue weighted by Gasteiger charge is -2.18. The number of hydrogen-bond acceptors (Lipinski definition) is 3. The second-order valence-corrected chi connectivity index (χ2v) is 4.08. The molecular weight excluding hydrogens is 226 g/mol. The van der Waals surface area contributed by atoms with Crippen molar-refractivity contribution in [3.05, 3.63) is 48.8 Å². The number of pyridine rings is 1. The van der Waals surface area contributed by atoms with Crippen LogP contribution in [0, 0.1) is 17.2 Å². The van der Waals surface area contributed by atoms with Gasteiger partial charge in [-0.2, -0.15) is 5.26 Å². The second kappa shape index (κ2) is 5.28. The summed E-state index contributed by atoms with van der Waals surface area (Å²) >= 11 is 0. The summed E-state index contributed by atoms with van der Waals surface area (Å²) < 4.78 is 0. The van der Waals surface area contributed by atoms with Gasteiger partial charge in [0.2, 0.25) is 5.91 Å². The predicted octanol–water partition coefficient (Wildman–Crippen LogP) is 1.98. The maximum atomic E-state index is 11.9. The van der Waals surface area contributed by atoms with E-state index in [2.05, 4.69) is 11.6 Å². The first-order valence-electron chi connectivity index (χ1n) is 5.70. The van der Waals surface area contributed by atoms with Gasteiger partial charge in [-0.05, 0) is 12.1 Å². The van der Waals surface area contributed by atoms with Crippen LogP contribution in [0.25, 0.3) is 5.70 Å². The molecule has 1 fully saturated rings. The Balaban J connectivity index is 2.34. The van der Waals surface area contributed by atoms with Crippen molar-refractivity contribution in [3.8, 4) is 6.07 Å². The van der Waals surface area contributed by atoms with Crippen LogP contribution in [-0.2, 0) is 4.79 Å². The Morgan fingerprint density at radius 1 is 1.61 bits per heavy atom. The molecule has 1 amide bonds. The number of rotatable bonds is 3. The molecule has 1 aliphatic rings. The van der Waals surface area contributed by atoms with Crippen molar-refractivity contribution < 1.29 is 4.79 Å². The lowest BCUT2D eigenvalue weighted by atomic mass is 10.1. The van der Waals surface area contributed by atoms with E-state index in [4.69, 9.17) is 5.26 Å². The molecule has 0 spiro atoms. The van der Waals surface area contributed by atoms with E-state index in [1.165, 1.54) is 6.08 Å². The third kappa shape index (κ3) is 2.30. The first-order chi connectivity index (χ1) is 8.76. The van der Waals surface area contributed by atoms with Gasteiger partial charge in [-0.3, -0.25) is 9.78 Å². The van der Waals surface area contributed by atoms with Gasteiger partial charge in [0, 0.05) is 31.2 Å². The van der Waals surface area contributed by atoms with Gasteiger partial charge in [-0.1, -0.05) is 12.1 Å². The fraction of sp³-hybridized carbons (Fsp3) is 0.214. The normalized spacial score (nSPS) is 19.7. The molecule has 1 saturated heterocycles. The van der Waals surface area contributed by atoms with Crippen LogP contribution in [0.4, 0.5) is 0 Å². The van der Waals surface area contributed by atoms with Crippen molar-refractivity contribution in [2.75, 3.05) is 6.54 Å². The van der Waals surface area contributed by atoms with Gasteiger partial charge in [0.15, 0.2) is 0 Å². The van der Waals surface area contributed by atoms with E-state index in [0.29, 0.717) is 24.4 Å². The van der Waals surface area contributed by atoms with Gasteiger partial charge in [0.05, 0.1) is 17.5 Å². The zero-order chi connectivity index (χ0) is 13.0. The number of nitriles is 1. The smallest absolute Gasteiger partial charge is 0.227 e. The SMILES string of the molecule is C=CC1CC(=O)N(C(=CC#N)c2ccccn2)C1. The van der Waals surface area contributed by atoms with Crippen molar-refractivity contribution in [1.29, 1.82) is 5.26 Å². The number of carbonyl (C=O) groups is 1. The van der Waals surface area contributed by atoms with Crippen LogP contribution in [0.1, 0.15) is 12.1 Å². The van der Waals surface area contributed by atoms with Crippen LogP contribution in [-0.4, -0.2) is 22.3 Å². The van der Waals surface area contributed by atoms with E-state index in [-0.39, 0.29) is 11.8 Å². The van der Waals surface area contributed by atoms with Crippen LogP contribution in [0.5, 0.6) is 0 Å². The molecule has 90 valence electrons. The number of aromatic nitrogens is 1. The highest BCUT2D eigenvalue weighted by Gasteiger charge is 2.30. The minimum Gasteiger partial charge on any atom is -0.309 e. The Morgan fingerprint density at radius 3 is 3.00 bits per heavy atom. The molecule has 0 N–H and O–H groups in total. The zero-order valence-electron chi connectivity index (χ0n) is 9.91. The predicted molar refractivity (Wildman–Crippen MR) is 67.8 cm³/mol. The van der Waals surface area contributed by atoms with E-state index in [0.717, 1.165) is 0 Å². The average molecular weight is 239 g/mol. The standard InChI is InChI=1S/C14H13N3O/c1-2-11-9-14(18)17(10-11)13(6-7-15)12-5-3-4-8-16-12/h2-6,8,11H,1,9-10H2. The molecular formula is C14H13N3O. The number of nitrogens with zero attached hydrogens (tertiary/aromatic N) is 3. The Hall–Kier alpha value is -2.41. The monoisotopic (exact) mass is 239 g/mol. The summed E-state index contributed by atoms with van der Waals surface area (Å²) in [5.74, 6) is 0.148. The molecule has 0 radical (unpaired) electrons. The van der Waals surface area contributed by atoms with Crippen LogP contribution in [0.2, 0.25) is 0 Å². The number of allylic oxidation sites excluding steroid dienone is 1. The molecule has 0 bridgehead atoms. The van der Waals surface area contributed by atoms with Crippen LogP contribution in [0.3, 0.4) is 0 Å². The number of hydrogen-bond donors (Lipinski definition) is 0. The molecule has 2 rings (SSSR count). The molecule has 0 aliphatic carbocycles. The minimum absolute atomic E-state index is 0.00653. The Morgan fingerprint density at radius 2 is 2.44 bits per heavy atom. The largest absolute Gasteiger partial charge is 0.309 e. The fourth-order valence-electron chi connectivity index (χ4n) is 1.99. The maximum Gasteiger partial charge on any atom is 0.227 e. The summed E-state index contributed by atoms with van der Waals surface area (Å²) in [7, 11) is 0. The first kappa shape index (κ1) is 12.1. The van der Waals surface area contributed by atoms with E-state index in [1.807, 2.05) is 12.1 Å². The van der Waals surface area contributed by atoms with Crippen molar-refractivity contribution in [2.45, 2.75) is 6.42 Å². The third-order valence-electron chi connectivity index (χ3n) is 2.91. The Labute approximate surface area is 106 Å². The highest BCUT2D eigenvalue weighted by molar-refractivity contribution is 5.89. The Kier molecular flexibility index (Phi) is 3.54. The molecule has 1 aromatic heterocycles. The summed E-state index contributed by atoms with van der Waals surface area (Å²) in [6.07, 6.45) is 5.23. The maximum absolute atomic E-state index is 11.9. The summed E-state index contributed by atoms with van der Waals surface area (Å²) in [6, 6.07) is 7.39. The molecule has 0 saturated carbocycles. The average Bonchev–Trinajstić information content (AvgIpc) is 2.78. The topological polar surface area (TPSA) is 57.0 Å². The molecule has 1 atom stereocenters. The van der Waals surface area contributed by atoms with Gasteiger partial charge < -0.3 is 4.90 Å². The number of likely N-dealkylation sites (tertiary alicyclic amines) is 1. The molecule has 0 aromatic carbocycles. The summed E-state index contributed by atoms with van der Waals surface area (Å²) in [5.41, 5.74) is 1.20. The van der Waals surface area contributed by atoms with Gasteiger partial charge in [-0.25, -0.2) is 0 Å². The Bertz CT molecular complexity index is 528. The van der Waals surface area contributed by atoms with Gasteiger partial charge in [0.25, 0.3) is 0 Å². The van der Waals surface area contributed by atoms with Crippen molar-refractivity contribution in [1.82, 2.24) is 9.88 Å². The number of amides is 1. The summed E-state index contributed by atoms with van der Waals surface area (Å²) in [4.78, 5) is 17.7. The van der Waals surface area contributed by atoms with E-state index >= 15 is 0 Å². The molecule has 1 aliphatic heterocycles.